The van der Waals surface area contributed by atoms with E-state index in [2.05, 4.69) is 27.8 Å². The Morgan fingerprint density at radius 1 is 1.08 bits per heavy atom. The summed E-state index contributed by atoms with van der Waals surface area (Å²) in [5, 5.41) is 0. The third kappa shape index (κ3) is 4.03. The van der Waals surface area contributed by atoms with Crippen molar-refractivity contribution in [3.8, 4) is 0 Å². The molecule has 1 fully saturated rings. The maximum Gasteiger partial charge on any atom is 0.239 e. The summed E-state index contributed by atoms with van der Waals surface area (Å²) in [6, 6.07) is 9.78. The first kappa shape index (κ1) is 17.5. The van der Waals surface area contributed by atoms with E-state index in [1.165, 1.54) is 17.7 Å². The van der Waals surface area contributed by atoms with Gasteiger partial charge in [-0.1, -0.05) is 18.2 Å². The van der Waals surface area contributed by atoms with Crippen LogP contribution in [0.2, 0.25) is 0 Å². The number of carbonyl (C=O) groups excluding carboxylic acids is 1. The van der Waals surface area contributed by atoms with E-state index in [9.17, 15) is 9.18 Å². The van der Waals surface area contributed by atoms with Crippen molar-refractivity contribution in [1.29, 1.82) is 0 Å². The molecule has 2 atom stereocenters. The summed E-state index contributed by atoms with van der Waals surface area (Å²) in [7, 11) is 0. The molecular weight excluding hydrogens is 319 g/mol. The Labute approximate surface area is 147 Å². The Kier molecular flexibility index (Phi) is 5.40. The third-order valence-electron chi connectivity index (χ3n) is 4.88. The van der Waals surface area contributed by atoms with Crippen LogP contribution < -0.4 is 5.73 Å². The highest BCUT2D eigenvalue weighted by atomic mass is 19.1. The van der Waals surface area contributed by atoms with E-state index >= 15 is 0 Å². The van der Waals surface area contributed by atoms with Gasteiger partial charge in [0, 0.05) is 44.6 Å². The van der Waals surface area contributed by atoms with Crippen molar-refractivity contribution in [2.45, 2.75) is 19.0 Å². The number of pyridine rings is 1. The zero-order valence-corrected chi connectivity index (χ0v) is 14.3. The fourth-order valence-corrected chi connectivity index (χ4v) is 3.42. The maximum atomic E-state index is 13.2. The van der Waals surface area contributed by atoms with Gasteiger partial charge in [-0.2, -0.15) is 0 Å². The summed E-state index contributed by atoms with van der Waals surface area (Å²) in [4.78, 5) is 20.6. The summed E-state index contributed by atoms with van der Waals surface area (Å²) in [6.45, 7) is 5.30. The van der Waals surface area contributed by atoms with E-state index in [0.717, 1.165) is 31.7 Å². The minimum atomic E-state index is -0.517. The number of nitrogens with zero attached hydrogens (tertiary/aromatic N) is 3. The molecule has 2 heterocycles. The molecule has 25 heavy (non-hydrogen) atoms. The standard InChI is InChI=1S/C19H23FN4O/c1-14(16-3-2-8-22-13-16)23-9-11-24(12-10-23)18(19(21)25)15-4-6-17(20)7-5-15/h2-8,13-14,18H,9-12H2,1H3,(H2,21,25)/t14-,18-/m0/s1. The number of hydrogen-bond acceptors (Lipinski definition) is 4. The minimum Gasteiger partial charge on any atom is -0.368 e. The van der Waals surface area contributed by atoms with E-state index in [4.69, 9.17) is 5.73 Å². The number of carbonyl (C=O) groups is 1. The molecular formula is C19H23FN4O. The molecule has 0 spiro atoms. The van der Waals surface area contributed by atoms with E-state index in [0.29, 0.717) is 0 Å². The van der Waals surface area contributed by atoms with Crippen LogP contribution >= 0.6 is 0 Å². The molecule has 1 aromatic carbocycles. The molecule has 0 unspecified atom stereocenters. The Bertz CT molecular complexity index is 699. The molecule has 132 valence electrons. The zero-order valence-electron chi connectivity index (χ0n) is 14.3. The molecule has 0 radical (unpaired) electrons. The van der Waals surface area contributed by atoms with Crippen LogP contribution in [-0.2, 0) is 4.79 Å². The topological polar surface area (TPSA) is 62.5 Å². The van der Waals surface area contributed by atoms with Gasteiger partial charge in [-0.15, -0.1) is 0 Å². The summed E-state index contributed by atoms with van der Waals surface area (Å²) < 4.78 is 13.2. The molecule has 1 aliphatic rings. The van der Waals surface area contributed by atoms with Gasteiger partial charge in [0.1, 0.15) is 11.9 Å². The lowest BCUT2D eigenvalue weighted by atomic mass is 10.0. The van der Waals surface area contributed by atoms with Gasteiger partial charge < -0.3 is 5.73 Å². The van der Waals surface area contributed by atoms with Crippen LogP contribution in [0, 0.1) is 5.82 Å². The number of halogens is 1. The lowest BCUT2D eigenvalue weighted by molar-refractivity contribution is -0.124. The largest absolute Gasteiger partial charge is 0.368 e. The predicted molar refractivity (Wildman–Crippen MR) is 94.1 cm³/mol. The van der Waals surface area contributed by atoms with Gasteiger partial charge in [0.25, 0.3) is 0 Å². The SMILES string of the molecule is C[C@@H](c1cccnc1)N1CCN([C@H](C(N)=O)c2ccc(F)cc2)CC1. The number of benzene rings is 1. The van der Waals surface area contributed by atoms with Crippen molar-refractivity contribution >= 4 is 5.91 Å². The van der Waals surface area contributed by atoms with Gasteiger partial charge in [-0.05, 0) is 36.2 Å². The Morgan fingerprint density at radius 2 is 1.72 bits per heavy atom. The van der Waals surface area contributed by atoms with Crippen molar-refractivity contribution in [3.05, 3.63) is 65.7 Å². The molecule has 0 bridgehead atoms. The Morgan fingerprint density at radius 3 is 2.28 bits per heavy atom. The minimum absolute atomic E-state index is 0.272. The quantitative estimate of drug-likeness (QED) is 0.904. The first-order valence-electron chi connectivity index (χ1n) is 8.49. The van der Waals surface area contributed by atoms with Gasteiger partial charge in [-0.3, -0.25) is 19.6 Å². The molecule has 2 N–H and O–H groups in total. The van der Waals surface area contributed by atoms with Gasteiger partial charge in [0.2, 0.25) is 5.91 Å². The van der Waals surface area contributed by atoms with Crippen LogP contribution in [0.1, 0.15) is 30.1 Å². The van der Waals surface area contributed by atoms with Crippen molar-refractivity contribution in [1.82, 2.24) is 14.8 Å². The number of nitrogens with two attached hydrogens (primary N) is 1. The predicted octanol–water partition coefficient (Wildman–Crippen LogP) is 2.13. The molecule has 3 rings (SSSR count). The molecule has 0 aliphatic carbocycles. The second kappa shape index (κ2) is 7.72. The lowest BCUT2D eigenvalue weighted by Crippen LogP contribution is -2.50. The fraction of sp³-hybridized carbons (Fsp3) is 0.368. The molecule has 1 amide bonds. The van der Waals surface area contributed by atoms with Crippen LogP contribution in [-0.4, -0.2) is 46.9 Å². The summed E-state index contributed by atoms with van der Waals surface area (Å²) in [6.07, 6.45) is 3.66. The number of hydrogen-bond donors (Lipinski definition) is 1. The second-order valence-electron chi connectivity index (χ2n) is 6.39. The third-order valence-corrected chi connectivity index (χ3v) is 4.88. The van der Waals surface area contributed by atoms with Gasteiger partial charge in [-0.25, -0.2) is 4.39 Å². The molecule has 1 saturated heterocycles. The highest BCUT2D eigenvalue weighted by molar-refractivity contribution is 5.81. The molecule has 2 aromatic rings. The van der Waals surface area contributed by atoms with Crippen LogP contribution in [0.25, 0.3) is 0 Å². The van der Waals surface area contributed by atoms with Gasteiger partial charge >= 0.3 is 0 Å². The van der Waals surface area contributed by atoms with Gasteiger partial charge in [0.05, 0.1) is 0 Å². The number of rotatable bonds is 5. The number of piperazine rings is 1. The van der Waals surface area contributed by atoms with E-state index in [1.54, 1.807) is 18.3 Å². The second-order valence-corrected chi connectivity index (χ2v) is 6.39. The van der Waals surface area contributed by atoms with Crippen molar-refractivity contribution in [2.24, 2.45) is 5.73 Å². The smallest absolute Gasteiger partial charge is 0.239 e. The summed E-state index contributed by atoms with van der Waals surface area (Å²) >= 11 is 0. The normalized spacial score (nSPS) is 18.6. The summed E-state index contributed by atoms with van der Waals surface area (Å²) in [5.41, 5.74) is 7.55. The highest BCUT2D eigenvalue weighted by Crippen LogP contribution is 2.26. The monoisotopic (exact) mass is 342 g/mol. The highest BCUT2D eigenvalue weighted by Gasteiger charge is 2.30. The molecule has 5 nitrogen and oxygen atoms in total. The summed E-state index contributed by atoms with van der Waals surface area (Å²) in [5.74, 6) is -0.720. The van der Waals surface area contributed by atoms with E-state index in [1.807, 2.05) is 12.3 Å². The average molecular weight is 342 g/mol. The molecule has 1 aliphatic heterocycles. The number of primary amides is 1. The van der Waals surface area contributed by atoms with Crippen LogP contribution in [0.3, 0.4) is 0 Å². The van der Waals surface area contributed by atoms with Gasteiger partial charge in [0.15, 0.2) is 0 Å². The zero-order chi connectivity index (χ0) is 17.8. The van der Waals surface area contributed by atoms with E-state index in [-0.39, 0.29) is 11.9 Å². The first-order valence-corrected chi connectivity index (χ1v) is 8.49. The lowest BCUT2D eigenvalue weighted by Gasteiger charge is -2.40. The molecule has 1 aromatic heterocycles. The average Bonchev–Trinajstić information content (AvgIpc) is 2.64. The Hall–Kier alpha value is -2.31. The van der Waals surface area contributed by atoms with E-state index < -0.39 is 11.9 Å². The van der Waals surface area contributed by atoms with Crippen LogP contribution in [0.5, 0.6) is 0 Å². The fourth-order valence-electron chi connectivity index (χ4n) is 3.42. The van der Waals surface area contributed by atoms with Crippen molar-refractivity contribution < 1.29 is 9.18 Å². The first-order chi connectivity index (χ1) is 12.1. The van der Waals surface area contributed by atoms with Crippen molar-refractivity contribution in [2.75, 3.05) is 26.2 Å². The maximum absolute atomic E-state index is 13.2. The molecule has 6 heteroatoms. The Balaban J connectivity index is 1.67. The van der Waals surface area contributed by atoms with Crippen molar-refractivity contribution in [3.63, 3.8) is 0 Å². The number of aromatic nitrogens is 1. The van der Waals surface area contributed by atoms with Crippen LogP contribution in [0.15, 0.2) is 48.8 Å². The molecule has 0 saturated carbocycles. The van der Waals surface area contributed by atoms with Crippen LogP contribution in [0.4, 0.5) is 4.39 Å². The number of amides is 1.